The van der Waals surface area contributed by atoms with Crippen LogP contribution >= 0.6 is 0 Å². The summed E-state index contributed by atoms with van der Waals surface area (Å²) in [4.78, 5) is 2.20. The lowest BCUT2D eigenvalue weighted by Gasteiger charge is -2.16. The molecular weight excluding hydrogens is 210 g/mol. The highest BCUT2D eigenvalue weighted by molar-refractivity contribution is 5.44. The Morgan fingerprint density at radius 1 is 1.12 bits per heavy atom. The first-order valence-corrected chi connectivity index (χ1v) is 6.34. The van der Waals surface area contributed by atoms with Gasteiger partial charge in [0.05, 0.1) is 7.11 Å². The largest absolute Gasteiger partial charge is 0.496 e. The molecule has 98 valence electrons. The first-order chi connectivity index (χ1) is 8.06. The molecule has 1 aromatic rings. The molecule has 0 atom stereocenters. The number of methoxy groups -OCH3 is 1. The first kappa shape index (κ1) is 16.0. The van der Waals surface area contributed by atoms with Crippen LogP contribution in [0.1, 0.15) is 30.5 Å². The quantitative estimate of drug-likeness (QED) is 0.795. The zero-order valence-corrected chi connectivity index (χ0v) is 12.4. The molecule has 0 radical (unpaired) electrons. The standard InChI is InChI=1S/C13H21NO.C2H6/c1-10-6-7-13(15-5)12(11(10)2)8-9-14(3)4;1-2/h6-7H,8-9H2,1-5H3;1-2H3. The zero-order valence-electron chi connectivity index (χ0n) is 12.4. The van der Waals surface area contributed by atoms with E-state index in [1.165, 1.54) is 16.7 Å². The molecule has 0 heterocycles. The third-order valence-corrected chi connectivity index (χ3v) is 2.86. The molecule has 2 nitrogen and oxygen atoms in total. The smallest absolute Gasteiger partial charge is 0.122 e. The van der Waals surface area contributed by atoms with Crippen molar-refractivity contribution < 1.29 is 4.74 Å². The van der Waals surface area contributed by atoms with Gasteiger partial charge in [-0.25, -0.2) is 0 Å². The van der Waals surface area contributed by atoms with Crippen molar-refractivity contribution in [3.63, 3.8) is 0 Å². The van der Waals surface area contributed by atoms with E-state index in [-0.39, 0.29) is 0 Å². The number of hydrogen-bond donors (Lipinski definition) is 0. The lowest BCUT2D eigenvalue weighted by atomic mass is 9.99. The SMILES string of the molecule is CC.COc1ccc(C)c(C)c1CCN(C)C. The van der Waals surface area contributed by atoms with Gasteiger partial charge in [-0.15, -0.1) is 0 Å². The van der Waals surface area contributed by atoms with Gasteiger partial charge in [-0.2, -0.15) is 0 Å². The highest BCUT2D eigenvalue weighted by atomic mass is 16.5. The summed E-state index contributed by atoms with van der Waals surface area (Å²) in [5.74, 6) is 1.01. The van der Waals surface area contributed by atoms with Crippen molar-refractivity contribution in [1.82, 2.24) is 4.90 Å². The highest BCUT2D eigenvalue weighted by Crippen LogP contribution is 2.25. The molecule has 0 bridgehead atoms. The number of aryl methyl sites for hydroxylation is 1. The fourth-order valence-electron chi connectivity index (χ4n) is 1.69. The van der Waals surface area contributed by atoms with Gasteiger partial charge in [0.25, 0.3) is 0 Å². The van der Waals surface area contributed by atoms with E-state index in [4.69, 9.17) is 4.74 Å². The van der Waals surface area contributed by atoms with Crippen LogP contribution in [-0.4, -0.2) is 32.6 Å². The van der Waals surface area contributed by atoms with Gasteiger partial charge >= 0.3 is 0 Å². The number of hydrogen-bond acceptors (Lipinski definition) is 2. The van der Waals surface area contributed by atoms with Crippen LogP contribution in [0.4, 0.5) is 0 Å². The minimum Gasteiger partial charge on any atom is -0.496 e. The number of rotatable bonds is 4. The Kier molecular flexibility index (Phi) is 7.64. The van der Waals surface area contributed by atoms with Crippen LogP contribution in [0.2, 0.25) is 0 Å². The zero-order chi connectivity index (χ0) is 13.4. The Labute approximate surface area is 107 Å². The van der Waals surface area contributed by atoms with Crippen LogP contribution in [0.3, 0.4) is 0 Å². The maximum Gasteiger partial charge on any atom is 0.122 e. The molecule has 0 aliphatic rings. The molecule has 1 rings (SSSR count). The monoisotopic (exact) mass is 237 g/mol. The van der Waals surface area contributed by atoms with Crippen LogP contribution < -0.4 is 4.74 Å². The van der Waals surface area contributed by atoms with Gasteiger partial charge in [0.15, 0.2) is 0 Å². The van der Waals surface area contributed by atoms with Gasteiger partial charge in [-0.3, -0.25) is 0 Å². The van der Waals surface area contributed by atoms with E-state index in [1.807, 2.05) is 13.8 Å². The minimum atomic E-state index is 1.01. The molecule has 1 aromatic carbocycles. The normalized spacial score (nSPS) is 9.88. The van der Waals surface area contributed by atoms with Crippen molar-refractivity contribution >= 4 is 0 Å². The molecule has 0 unspecified atom stereocenters. The second-order valence-corrected chi connectivity index (χ2v) is 4.24. The Bertz CT molecular complexity index is 332. The summed E-state index contributed by atoms with van der Waals surface area (Å²) < 4.78 is 5.39. The summed E-state index contributed by atoms with van der Waals surface area (Å²) >= 11 is 0. The van der Waals surface area contributed by atoms with Crippen LogP contribution in [0.25, 0.3) is 0 Å². The predicted octanol–water partition coefficient (Wildman–Crippen LogP) is 3.44. The Hall–Kier alpha value is -1.02. The maximum atomic E-state index is 5.39. The molecule has 0 aliphatic heterocycles. The fraction of sp³-hybridized carbons (Fsp3) is 0.600. The second-order valence-electron chi connectivity index (χ2n) is 4.24. The van der Waals surface area contributed by atoms with E-state index in [1.54, 1.807) is 7.11 Å². The molecule has 17 heavy (non-hydrogen) atoms. The Morgan fingerprint density at radius 3 is 2.18 bits per heavy atom. The van der Waals surface area contributed by atoms with Crippen molar-refractivity contribution in [3.8, 4) is 5.75 Å². The topological polar surface area (TPSA) is 12.5 Å². The Morgan fingerprint density at radius 2 is 1.71 bits per heavy atom. The summed E-state index contributed by atoms with van der Waals surface area (Å²) in [5.41, 5.74) is 4.03. The lowest BCUT2D eigenvalue weighted by Crippen LogP contribution is -2.16. The maximum absolute atomic E-state index is 5.39. The predicted molar refractivity (Wildman–Crippen MR) is 76.1 cm³/mol. The van der Waals surface area contributed by atoms with Gasteiger partial charge in [-0.05, 0) is 57.1 Å². The number of likely N-dealkylation sites (N-methyl/N-ethyl adjacent to an activating group) is 1. The molecule has 0 aromatic heterocycles. The van der Waals surface area contributed by atoms with Gasteiger partial charge in [-0.1, -0.05) is 19.9 Å². The van der Waals surface area contributed by atoms with E-state index < -0.39 is 0 Å². The number of benzene rings is 1. The molecular formula is C15H27NO. The van der Waals surface area contributed by atoms with Crippen LogP contribution in [0.5, 0.6) is 5.75 Å². The summed E-state index contributed by atoms with van der Waals surface area (Å²) in [5, 5.41) is 0. The van der Waals surface area contributed by atoms with E-state index in [2.05, 4.69) is 45.0 Å². The van der Waals surface area contributed by atoms with Gasteiger partial charge in [0.2, 0.25) is 0 Å². The molecule has 0 amide bonds. The van der Waals surface area contributed by atoms with Crippen LogP contribution in [0, 0.1) is 13.8 Å². The molecule has 0 N–H and O–H groups in total. The van der Waals surface area contributed by atoms with Crippen molar-refractivity contribution in [3.05, 3.63) is 28.8 Å². The first-order valence-electron chi connectivity index (χ1n) is 6.34. The van der Waals surface area contributed by atoms with Crippen molar-refractivity contribution in [2.24, 2.45) is 0 Å². The average Bonchev–Trinajstić information content (AvgIpc) is 2.33. The summed E-state index contributed by atoms with van der Waals surface area (Å²) in [6.45, 7) is 9.37. The molecule has 0 spiro atoms. The van der Waals surface area contributed by atoms with Gasteiger partial charge in [0, 0.05) is 6.54 Å². The van der Waals surface area contributed by atoms with Crippen LogP contribution in [0.15, 0.2) is 12.1 Å². The minimum absolute atomic E-state index is 1.01. The van der Waals surface area contributed by atoms with E-state index in [0.717, 1.165) is 18.7 Å². The third kappa shape index (κ3) is 4.78. The van der Waals surface area contributed by atoms with Crippen molar-refractivity contribution in [1.29, 1.82) is 0 Å². The Balaban J connectivity index is 0.00000121. The molecule has 0 fully saturated rings. The van der Waals surface area contributed by atoms with E-state index in [9.17, 15) is 0 Å². The molecule has 0 saturated carbocycles. The second kappa shape index (κ2) is 8.13. The molecule has 0 saturated heterocycles. The number of ether oxygens (including phenoxy) is 1. The summed E-state index contributed by atoms with van der Waals surface area (Å²) in [6.07, 6.45) is 1.05. The number of nitrogens with zero attached hydrogens (tertiary/aromatic N) is 1. The van der Waals surface area contributed by atoms with Gasteiger partial charge < -0.3 is 9.64 Å². The molecule has 2 heteroatoms. The van der Waals surface area contributed by atoms with E-state index >= 15 is 0 Å². The lowest BCUT2D eigenvalue weighted by molar-refractivity contribution is 0.391. The summed E-state index contributed by atoms with van der Waals surface area (Å²) in [7, 11) is 5.93. The van der Waals surface area contributed by atoms with Crippen molar-refractivity contribution in [2.75, 3.05) is 27.7 Å². The van der Waals surface area contributed by atoms with Gasteiger partial charge in [0.1, 0.15) is 5.75 Å². The van der Waals surface area contributed by atoms with E-state index in [0.29, 0.717) is 0 Å². The highest BCUT2D eigenvalue weighted by Gasteiger charge is 2.08. The molecule has 0 aliphatic carbocycles. The third-order valence-electron chi connectivity index (χ3n) is 2.86. The fourth-order valence-corrected chi connectivity index (χ4v) is 1.69. The van der Waals surface area contributed by atoms with Crippen molar-refractivity contribution in [2.45, 2.75) is 34.1 Å². The average molecular weight is 237 g/mol. The summed E-state index contributed by atoms with van der Waals surface area (Å²) in [6, 6.07) is 4.18. The van der Waals surface area contributed by atoms with Crippen LogP contribution in [-0.2, 0) is 6.42 Å².